The van der Waals surface area contributed by atoms with Crippen molar-refractivity contribution in [2.75, 3.05) is 6.61 Å². The molecule has 2 aromatic rings. The summed E-state index contributed by atoms with van der Waals surface area (Å²) in [5, 5.41) is 0. The minimum Gasteiger partial charge on any atom is -0.376 e. The Labute approximate surface area is 154 Å². The van der Waals surface area contributed by atoms with Crippen LogP contribution in [0.25, 0.3) is 0 Å². The zero-order valence-electron chi connectivity index (χ0n) is 15.2. The quantitative estimate of drug-likeness (QED) is 0.746. The van der Waals surface area contributed by atoms with Crippen molar-refractivity contribution in [2.45, 2.75) is 52.1 Å². The molecular formula is C19H21F3N2O3. The van der Waals surface area contributed by atoms with Crippen LogP contribution in [0.15, 0.2) is 29.2 Å². The van der Waals surface area contributed by atoms with Gasteiger partial charge in [-0.1, -0.05) is 0 Å². The van der Waals surface area contributed by atoms with Crippen molar-refractivity contribution in [2.24, 2.45) is 0 Å². The number of alkyl halides is 3. The van der Waals surface area contributed by atoms with Crippen LogP contribution in [0, 0.1) is 13.8 Å². The van der Waals surface area contributed by atoms with Gasteiger partial charge in [0.15, 0.2) is 5.78 Å². The molecule has 3 heterocycles. The Hall–Kier alpha value is -2.35. The summed E-state index contributed by atoms with van der Waals surface area (Å²) in [5.41, 5.74) is -0.473. The van der Waals surface area contributed by atoms with Crippen molar-refractivity contribution < 1.29 is 22.7 Å². The molecule has 1 aliphatic rings. The van der Waals surface area contributed by atoms with E-state index in [1.165, 1.54) is 6.20 Å². The summed E-state index contributed by atoms with van der Waals surface area (Å²) in [6.07, 6.45) is -1.49. The van der Waals surface area contributed by atoms with Crippen LogP contribution in [-0.4, -0.2) is 27.6 Å². The third kappa shape index (κ3) is 4.00. The average molecular weight is 382 g/mol. The highest BCUT2D eigenvalue weighted by Gasteiger charge is 2.34. The Morgan fingerprint density at radius 1 is 1.33 bits per heavy atom. The zero-order valence-corrected chi connectivity index (χ0v) is 15.2. The van der Waals surface area contributed by atoms with Gasteiger partial charge in [-0.3, -0.25) is 9.59 Å². The summed E-state index contributed by atoms with van der Waals surface area (Å²) < 4.78 is 47.1. The van der Waals surface area contributed by atoms with Gasteiger partial charge >= 0.3 is 6.18 Å². The maximum absolute atomic E-state index is 12.9. The lowest BCUT2D eigenvalue weighted by Crippen LogP contribution is -2.30. The Balaban J connectivity index is 1.84. The number of ketones is 1. The Morgan fingerprint density at radius 3 is 2.70 bits per heavy atom. The van der Waals surface area contributed by atoms with Crippen molar-refractivity contribution in [3.8, 4) is 0 Å². The van der Waals surface area contributed by atoms with Gasteiger partial charge in [0.2, 0.25) is 0 Å². The number of nitrogens with zero attached hydrogens (tertiary/aromatic N) is 2. The predicted molar refractivity (Wildman–Crippen MR) is 92.9 cm³/mol. The van der Waals surface area contributed by atoms with Gasteiger partial charge in [0.05, 0.1) is 12.6 Å². The lowest BCUT2D eigenvalue weighted by molar-refractivity contribution is -0.138. The number of hydrogen-bond donors (Lipinski definition) is 0. The number of rotatable bonds is 5. The Bertz CT molecular complexity index is 906. The molecule has 0 aromatic carbocycles. The lowest BCUT2D eigenvalue weighted by atomic mass is 10.1. The van der Waals surface area contributed by atoms with Gasteiger partial charge in [0, 0.05) is 36.3 Å². The number of aryl methyl sites for hydroxylation is 1. The number of aromatic nitrogens is 2. The monoisotopic (exact) mass is 382 g/mol. The maximum atomic E-state index is 12.9. The molecule has 3 rings (SSSR count). The Morgan fingerprint density at radius 2 is 2.07 bits per heavy atom. The molecule has 1 unspecified atom stereocenters. The normalized spacial score (nSPS) is 17.4. The molecule has 1 aliphatic heterocycles. The first-order valence-electron chi connectivity index (χ1n) is 8.76. The molecule has 0 radical (unpaired) electrons. The van der Waals surface area contributed by atoms with E-state index < -0.39 is 29.6 Å². The molecule has 0 bridgehead atoms. The van der Waals surface area contributed by atoms with E-state index in [1.54, 1.807) is 13.0 Å². The second-order valence-electron chi connectivity index (χ2n) is 6.81. The maximum Gasteiger partial charge on any atom is 0.421 e. The lowest BCUT2D eigenvalue weighted by Gasteiger charge is -2.15. The van der Waals surface area contributed by atoms with Crippen molar-refractivity contribution in [1.82, 2.24) is 9.13 Å². The third-order valence-corrected chi connectivity index (χ3v) is 4.92. The highest BCUT2D eigenvalue weighted by Crippen LogP contribution is 2.26. The predicted octanol–water partition coefficient (Wildman–Crippen LogP) is 3.35. The first kappa shape index (κ1) is 19.4. The van der Waals surface area contributed by atoms with Gasteiger partial charge in [-0.2, -0.15) is 13.2 Å². The fraction of sp³-hybridized carbons (Fsp3) is 0.474. The minimum atomic E-state index is -4.75. The number of pyridine rings is 1. The molecule has 0 spiro atoms. The average Bonchev–Trinajstić information content (AvgIpc) is 3.19. The van der Waals surface area contributed by atoms with E-state index >= 15 is 0 Å². The minimum absolute atomic E-state index is 0.101. The molecule has 1 atom stereocenters. The smallest absolute Gasteiger partial charge is 0.376 e. The van der Waals surface area contributed by atoms with Crippen LogP contribution < -0.4 is 5.56 Å². The standard InChI is InChI=1S/C19H21F3N2O3/c1-12-9-15(13(2)24(12)10-14-5-4-8-27-14)17(25)11-23-7-3-6-16(18(23)26)19(20,21)22/h3,6-7,9,14H,4-5,8,10-11H2,1-2H3. The SMILES string of the molecule is Cc1cc(C(=O)Cn2cccc(C(F)(F)F)c2=O)c(C)n1CC1CCCO1. The first-order valence-corrected chi connectivity index (χ1v) is 8.76. The summed E-state index contributed by atoms with van der Waals surface area (Å²) in [6.45, 7) is 4.59. The van der Waals surface area contributed by atoms with Crippen molar-refractivity contribution in [3.63, 3.8) is 0 Å². The molecule has 8 heteroatoms. The summed E-state index contributed by atoms with van der Waals surface area (Å²) in [6, 6.07) is 3.56. The van der Waals surface area contributed by atoms with E-state index in [0.717, 1.165) is 47.5 Å². The van der Waals surface area contributed by atoms with E-state index in [0.29, 0.717) is 12.1 Å². The van der Waals surface area contributed by atoms with E-state index in [2.05, 4.69) is 0 Å². The molecule has 0 aliphatic carbocycles. The molecule has 0 saturated carbocycles. The second-order valence-corrected chi connectivity index (χ2v) is 6.81. The van der Waals surface area contributed by atoms with E-state index in [1.807, 2.05) is 11.5 Å². The van der Waals surface area contributed by atoms with Crippen molar-refractivity contribution in [1.29, 1.82) is 0 Å². The van der Waals surface area contributed by atoms with E-state index in [4.69, 9.17) is 4.74 Å². The highest BCUT2D eigenvalue weighted by molar-refractivity contribution is 5.97. The largest absolute Gasteiger partial charge is 0.421 e. The van der Waals surface area contributed by atoms with Crippen molar-refractivity contribution in [3.05, 3.63) is 57.3 Å². The number of hydrogen-bond acceptors (Lipinski definition) is 3. The van der Waals surface area contributed by atoms with Gasteiger partial charge in [-0.25, -0.2) is 0 Å². The summed E-state index contributed by atoms with van der Waals surface area (Å²) in [7, 11) is 0. The molecule has 146 valence electrons. The molecule has 2 aromatic heterocycles. The zero-order chi connectivity index (χ0) is 19.8. The van der Waals surface area contributed by atoms with Crippen LogP contribution in [0.1, 0.15) is 40.2 Å². The molecule has 1 saturated heterocycles. The molecule has 0 N–H and O–H groups in total. The van der Waals surface area contributed by atoms with Gasteiger partial charge in [0.25, 0.3) is 5.56 Å². The number of carbonyl (C=O) groups is 1. The van der Waals surface area contributed by atoms with Gasteiger partial charge in [-0.05, 0) is 44.9 Å². The van der Waals surface area contributed by atoms with Gasteiger partial charge < -0.3 is 13.9 Å². The summed E-state index contributed by atoms with van der Waals surface area (Å²) in [4.78, 5) is 24.7. The topological polar surface area (TPSA) is 53.2 Å². The van der Waals surface area contributed by atoms with Crippen LogP contribution >= 0.6 is 0 Å². The summed E-state index contributed by atoms with van der Waals surface area (Å²) >= 11 is 0. The van der Waals surface area contributed by atoms with Crippen LogP contribution in [-0.2, 0) is 24.0 Å². The highest BCUT2D eigenvalue weighted by atomic mass is 19.4. The van der Waals surface area contributed by atoms with Gasteiger partial charge in [-0.15, -0.1) is 0 Å². The molecule has 0 amide bonds. The number of ether oxygens (including phenoxy) is 1. The molecule has 27 heavy (non-hydrogen) atoms. The molecule has 1 fully saturated rings. The van der Waals surface area contributed by atoms with E-state index in [-0.39, 0.29) is 6.10 Å². The van der Waals surface area contributed by atoms with Crippen LogP contribution in [0.5, 0.6) is 0 Å². The number of halogens is 3. The Kier molecular flexibility index (Phi) is 5.28. The van der Waals surface area contributed by atoms with E-state index in [9.17, 15) is 22.8 Å². The van der Waals surface area contributed by atoms with Crippen molar-refractivity contribution >= 4 is 5.78 Å². The van der Waals surface area contributed by atoms with Crippen LogP contribution in [0.2, 0.25) is 0 Å². The van der Waals surface area contributed by atoms with Crippen LogP contribution in [0.4, 0.5) is 13.2 Å². The third-order valence-electron chi connectivity index (χ3n) is 4.92. The van der Waals surface area contributed by atoms with Gasteiger partial charge in [0.1, 0.15) is 5.56 Å². The fourth-order valence-corrected chi connectivity index (χ4v) is 3.47. The second kappa shape index (κ2) is 7.34. The fourth-order valence-electron chi connectivity index (χ4n) is 3.47. The molecular weight excluding hydrogens is 361 g/mol. The molecule has 5 nitrogen and oxygen atoms in total. The number of carbonyl (C=O) groups excluding carboxylic acids is 1. The van der Waals surface area contributed by atoms with Crippen LogP contribution in [0.3, 0.4) is 0 Å². The first-order chi connectivity index (χ1) is 12.7. The number of Topliss-reactive ketones (excluding diaryl/α,β-unsaturated/α-hetero) is 1. The summed E-state index contributed by atoms with van der Waals surface area (Å²) in [5.74, 6) is -0.400.